The monoisotopic (exact) mass is 352 g/mol. The van der Waals surface area contributed by atoms with Gasteiger partial charge in [-0.05, 0) is 37.1 Å². The highest BCUT2D eigenvalue weighted by atomic mass is 32.2. The number of amides is 2. The molecular formula is C18H25FN2O2S. The molecule has 4 nitrogen and oxygen atoms in total. The normalized spacial score (nSPS) is 15.3. The molecule has 1 heterocycles. The van der Waals surface area contributed by atoms with Crippen molar-refractivity contribution in [3.63, 3.8) is 0 Å². The molecule has 0 spiro atoms. The highest BCUT2D eigenvalue weighted by Crippen LogP contribution is 2.18. The number of hydrogen-bond donors (Lipinski definition) is 1. The largest absolute Gasteiger partial charge is 0.356 e. The summed E-state index contributed by atoms with van der Waals surface area (Å²) in [5.41, 5.74) is 0.618. The van der Waals surface area contributed by atoms with Crippen LogP contribution in [0.3, 0.4) is 0 Å². The predicted octanol–water partition coefficient (Wildman–Crippen LogP) is 2.48. The van der Waals surface area contributed by atoms with Crippen molar-refractivity contribution in [1.82, 2.24) is 10.2 Å². The van der Waals surface area contributed by atoms with E-state index >= 15 is 0 Å². The Bertz CT molecular complexity index is 560. The van der Waals surface area contributed by atoms with Gasteiger partial charge in [0.1, 0.15) is 5.82 Å². The van der Waals surface area contributed by atoms with Crippen molar-refractivity contribution in [3.05, 3.63) is 35.6 Å². The first-order valence-electron chi connectivity index (χ1n) is 8.39. The summed E-state index contributed by atoms with van der Waals surface area (Å²) in [5.74, 6) is 0.763. The Labute approximate surface area is 147 Å². The fourth-order valence-electron chi connectivity index (χ4n) is 2.90. The Kier molecular flexibility index (Phi) is 7.56. The number of piperidine rings is 1. The lowest BCUT2D eigenvalue weighted by molar-refractivity contribution is -0.135. The molecule has 0 saturated carbocycles. The molecule has 0 unspecified atom stereocenters. The maximum atomic E-state index is 13.5. The van der Waals surface area contributed by atoms with Crippen LogP contribution < -0.4 is 5.32 Å². The number of carbonyl (C=O) groups is 2. The zero-order valence-corrected chi connectivity index (χ0v) is 14.9. The minimum atomic E-state index is -0.233. The number of hydrogen-bond acceptors (Lipinski definition) is 3. The molecule has 0 aliphatic carbocycles. The van der Waals surface area contributed by atoms with Gasteiger partial charge in [0.05, 0.1) is 0 Å². The minimum absolute atomic E-state index is 0.0163. The van der Waals surface area contributed by atoms with Gasteiger partial charge in [0.25, 0.3) is 0 Å². The van der Waals surface area contributed by atoms with Crippen molar-refractivity contribution in [1.29, 1.82) is 0 Å². The van der Waals surface area contributed by atoms with E-state index in [1.165, 1.54) is 6.07 Å². The first-order valence-corrected chi connectivity index (χ1v) is 9.79. The third-order valence-electron chi connectivity index (χ3n) is 4.39. The number of benzene rings is 1. The molecule has 2 rings (SSSR count). The van der Waals surface area contributed by atoms with E-state index in [9.17, 15) is 14.0 Å². The molecule has 24 heavy (non-hydrogen) atoms. The van der Waals surface area contributed by atoms with Gasteiger partial charge in [0.2, 0.25) is 11.8 Å². The average molecular weight is 352 g/mol. The van der Waals surface area contributed by atoms with Crippen molar-refractivity contribution in [2.75, 3.05) is 31.6 Å². The second-order valence-corrected chi connectivity index (χ2v) is 7.02. The molecule has 1 fully saturated rings. The highest BCUT2D eigenvalue weighted by molar-refractivity contribution is 7.98. The molecule has 1 aliphatic rings. The van der Waals surface area contributed by atoms with Gasteiger partial charge in [-0.25, -0.2) is 4.39 Å². The van der Waals surface area contributed by atoms with Crippen LogP contribution in [-0.4, -0.2) is 48.4 Å². The van der Waals surface area contributed by atoms with Gasteiger partial charge in [-0.3, -0.25) is 9.59 Å². The van der Waals surface area contributed by atoms with Crippen molar-refractivity contribution in [3.8, 4) is 0 Å². The quantitative estimate of drug-likeness (QED) is 0.820. The second kappa shape index (κ2) is 9.67. The summed E-state index contributed by atoms with van der Waals surface area (Å²) >= 11 is 1.67. The highest BCUT2D eigenvalue weighted by Gasteiger charge is 2.26. The number of nitrogens with zero attached hydrogens (tertiary/aromatic N) is 1. The zero-order chi connectivity index (χ0) is 17.4. The molecule has 6 heteroatoms. The van der Waals surface area contributed by atoms with Gasteiger partial charge < -0.3 is 10.2 Å². The predicted molar refractivity (Wildman–Crippen MR) is 95.4 cm³/mol. The summed E-state index contributed by atoms with van der Waals surface area (Å²) in [7, 11) is 0. The molecule has 0 aromatic heterocycles. The van der Waals surface area contributed by atoms with Crippen LogP contribution >= 0.6 is 11.8 Å². The molecule has 1 aromatic carbocycles. The van der Waals surface area contributed by atoms with Crippen LogP contribution in [0.1, 0.15) is 24.8 Å². The first kappa shape index (κ1) is 18.8. The van der Waals surface area contributed by atoms with Crippen LogP contribution in [0.5, 0.6) is 0 Å². The van der Waals surface area contributed by atoms with Gasteiger partial charge in [-0.1, -0.05) is 18.2 Å². The number of nitrogens with one attached hydrogen (secondary N) is 1. The maximum absolute atomic E-state index is 13.5. The van der Waals surface area contributed by atoms with E-state index in [1.807, 2.05) is 11.2 Å². The van der Waals surface area contributed by atoms with Gasteiger partial charge in [-0.15, -0.1) is 0 Å². The summed E-state index contributed by atoms with van der Waals surface area (Å²) in [5, 5.41) is 2.89. The van der Waals surface area contributed by atoms with E-state index in [2.05, 4.69) is 5.32 Å². The van der Waals surface area contributed by atoms with E-state index in [0.29, 0.717) is 50.9 Å². The van der Waals surface area contributed by atoms with E-state index in [0.717, 1.165) is 5.75 Å². The Balaban J connectivity index is 1.69. The number of rotatable bonds is 7. The molecule has 1 aromatic rings. The third kappa shape index (κ3) is 5.51. The molecular weight excluding hydrogens is 327 g/mol. The number of halogens is 1. The van der Waals surface area contributed by atoms with Gasteiger partial charge in [0.15, 0.2) is 0 Å². The van der Waals surface area contributed by atoms with Crippen LogP contribution in [0.4, 0.5) is 4.39 Å². The van der Waals surface area contributed by atoms with Crippen LogP contribution in [-0.2, 0) is 16.0 Å². The van der Waals surface area contributed by atoms with Crippen LogP contribution in [0, 0.1) is 11.7 Å². The zero-order valence-electron chi connectivity index (χ0n) is 14.1. The van der Waals surface area contributed by atoms with Crippen LogP contribution in [0.2, 0.25) is 0 Å². The fourth-order valence-corrected chi connectivity index (χ4v) is 3.28. The van der Waals surface area contributed by atoms with Crippen molar-refractivity contribution in [2.24, 2.45) is 5.92 Å². The Hall–Kier alpha value is -1.56. The maximum Gasteiger partial charge on any atom is 0.223 e. The smallest absolute Gasteiger partial charge is 0.223 e. The summed E-state index contributed by atoms with van der Waals surface area (Å²) in [4.78, 5) is 26.0. The summed E-state index contributed by atoms with van der Waals surface area (Å²) in [6.45, 7) is 1.74. The molecule has 132 valence electrons. The Morgan fingerprint density at radius 2 is 2.00 bits per heavy atom. The third-order valence-corrected chi connectivity index (χ3v) is 5.00. The Morgan fingerprint density at radius 1 is 1.29 bits per heavy atom. The SMILES string of the molecule is CSCCC(=O)N1CCC(C(=O)NCCc2ccccc2F)CC1. The lowest BCUT2D eigenvalue weighted by Crippen LogP contribution is -2.43. The Morgan fingerprint density at radius 3 is 2.67 bits per heavy atom. The molecule has 1 N–H and O–H groups in total. The minimum Gasteiger partial charge on any atom is -0.356 e. The van der Waals surface area contributed by atoms with Gasteiger partial charge in [-0.2, -0.15) is 11.8 Å². The summed E-state index contributed by atoms with van der Waals surface area (Å²) < 4.78 is 13.5. The standard InChI is InChI=1S/C18H25FN2O2S/c1-24-13-9-17(22)21-11-7-15(8-12-21)18(23)20-10-6-14-4-2-3-5-16(14)19/h2-5,15H,6-13H2,1H3,(H,20,23). The van der Waals surface area contributed by atoms with E-state index in [-0.39, 0.29) is 23.5 Å². The number of likely N-dealkylation sites (tertiary alicyclic amines) is 1. The summed E-state index contributed by atoms with van der Waals surface area (Å²) in [6, 6.07) is 6.62. The van der Waals surface area contributed by atoms with Gasteiger partial charge in [0, 0.05) is 37.7 Å². The second-order valence-electron chi connectivity index (χ2n) is 6.03. The average Bonchev–Trinajstić information content (AvgIpc) is 2.61. The summed E-state index contributed by atoms with van der Waals surface area (Å²) in [6.07, 6.45) is 4.46. The van der Waals surface area contributed by atoms with E-state index < -0.39 is 0 Å². The van der Waals surface area contributed by atoms with Crippen molar-refractivity contribution < 1.29 is 14.0 Å². The molecule has 2 amide bonds. The lowest BCUT2D eigenvalue weighted by atomic mass is 9.95. The molecule has 0 radical (unpaired) electrons. The first-order chi connectivity index (χ1) is 11.6. The van der Waals surface area contributed by atoms with Crippen LogP contribution in [0.15, 0.2) is 24.3 Å². The topological polar surface area (TPSA) is 49.4 Å². The molecule has 1 saturated heterocycles. The fraction of sp³-hybridized carbons (Fsp3) is 0.556. The molecule has 1 aliphatic heterocycles. The number of carbonyl (C=O) groups excluding carboxylic acids is 2. The number of thioether (sulfide) groups is 1. The van der Waals surface area contributed by atoms with E-state index in [4.69, 9.17) is 0 Å². The lowest BCUT2D eigenvalue weighted by Gasteiger charge is -2.31. The molecule has 0 atom stereocenters. The van der Waals surface area contributed by atoms with Gasteiger partial charge >= 0.3 is 0 Å². The van der Waals surface area contributed by atoms with E-state index in [1.54, 1.807) is 30.0 Å². The van der Waals surface area contributed by atoms with Crippen molar-refractivity contribution in [2.45, 2.75) is 25.7 Å². The molecule has 0 bridgehead atoms. The van der Waals surface area contributed by atoms with Crippen molar-refractivity contribution >= 4 is 23.6 Å². The van der Waals surface area contributed by atoms with Crippen LogP contribution in [0.25, 0.3) is 0 Å².